The maximum Gasteiger partial charge on any atom is 0.328 e. The number of nitrogens with one attached hydrogen (secondary N) is 1. The largest absolute Gasteiger partial charge is 0.467 e. The summed E-state index contributed by atoms with van der Waals surface area (Å²) in [6, 6.07) is 4.47. The van der Waals surface area contributed by atoms with Crippen LogP contribution in [-0.4, -0.2) is 47.7 Å². The lowest BCUT2D eigenvalue weighted by Crippen LogP contribution is -2.54. The number of methoxy groups -OCH3 is 1. The zero-order chi connectivity index (χ0) is 18.8. The Bertz CT molecular complexity index is 743. The molecule has 7 heteroatoms. The summed E-state index contributed by atoms with van der Waals surface area (Å²) in [6.07, 6.45) is 1.52. The molecule has 2 aliphatic rings. The Morgan fingerprint density at radius 3 is 2.73 bits per heavy atom. The highest BCUT2D eigenvalue weighted by Gasteiger charge is 2.37. The Morgan fingerprint density at radius 1 is 1.27 bits per heavy atom. The summed E-state index contributed by atoms with van der Waals surface area (Å²) >= 11 is 0. The highest BCUT2D eigenvalue weighted by molar-refractivity contribution is 5.83. The number of esters is 1. The second kappa shape index (κ2) is 7.51. The molecule has 26 heavy (non-hydrogen) atoms. The molecule has 0 spiro atoms. The van der Waals surface area contributed by atoms with Crippen molar-refractivity contribution in [2.45, 2.75) is 45.2 Å². The van der Waals surface area contributed by atoms with Crippen molar-refractivity contribution in [3.63, 3.8) is 0 Å². The van der Waals surface area contributed by atoms with Gasteiger partial charge in [-0.3, -0.25) is 4.79 Å². The molecular weight excluding hydrogens is 334 g/mol. The number of piperidine rings is 1. The van der Waals surface area contributed by atoms with Crippen LogP contribution in [0.2, 0.25) is 0 Å². The van der Waals surface area contributed by atoms with Gasteiger partial charge in [0.1, 0.15) is 6.04 Å². The Balaban J connectivity index is 1.72. The fourth-order valence-corrected chi connectivity index (χ4v) is 4.13. The number of amides is 2. The van der Waals surface area contributed by atoms with Gasteiger partial charge in [0.15, 0.2) is 0 Å². The van der Waals surface area contributed by atoms with E-state index in [0.717, 1.165) is 12.1 Å². The molecule has 0 saturated carbocycles. The monoisotopic (exact) mass is 361 g/mol. The van der Waals surface area contributed by atoms with E-state index in [2.05, 4.69) is 5.32 Å². The van der Waals surface area contributed by atoms with E-state index in [-0.39, 0.29) is 29.3 Å². The molecule has 3 rings (SSSR count). The first-order valence-electron chi connectivity index (χ1n) is 9.22. The van der Waals surface area contributed by atoms with E-state index < -0.39 is 12.0 Å². The highest BCUT2D eigenvalue weighted by atomic mass is 16.5. The van der Waals surface area contributed by atoms with Crippen LogP contribution in [0.15, 0.2) is 23.0 Å². The van der Waals surface area contributed by atoms with Crippen LogP contribution in [0.25, 0.3) is 0 Å². The SMILES string of the molecule is COC(=O)[C@@H](CC(C)C)NC(=O)N1C[C@@H]2C[C@@H](C1)c1cccc(=O)n1C2. The van der Waals surface area contributed by atoms with Gasteiger partial charge in [-0.25, -0.2) is 9.59 Å². The van der Waals surface area contributed by atoms with Crippen LogP contribution < -0.4 is 10.9 Å². The van der Waals surface area contributed by atoms with Crippen molar-refractivity contribution in [2.24, 2.45) is 11.8 Å². The van der Waals surface area contributed by atoms with Crippen LogP contribution in [0.5, 0.6) is 0 Å². The van der Waals surface area contributed by atoms with Gasteiger partial charge in [-0.2, -0.15) is 0 Å². The second-order valence-corrected chi connectivity index (χ2v) is 7.76. The van der Waals surface area contributed by atoms with Crippen molar-refractivity contribution >= 4 is 12.0 Å². The van der Waals surface area contributed by atoms with Gasteiger partial charge < -0.3 is 19.5 Å². The molecule has 2 amide bonds. The van der Waals surface area contributed by atoms with Gasteiger partial charge in [-0.1, -0.05) is 19.9 Å². The predicted molar refractivity (Wildman–Crippen MR) is 96.9 cm³/mol. The number of pyridine rings is 1. The summed E-state index contributed by atoms with van der Waals surface area (Å²) in [5, 5.41) is 2.84. The summed E-state index contributed by atoms with van der Waals surface area (Å²) in [6.45, 7) is 5.80. The molecule has 0 aliphatic carbocycles. The second-order valence-electron chi connectivity index (χ2n) is 7.76. The maximum absolute atomic E-state index is 12.8. The molecule has 3 atom stereocenters. The number of urea groups is 1. The number of likely N-dealkylation sites (tertiary alicyclic amines) is 1. The molecule has 1 fully saturated rings. The van der Waals surface area contributed by atoms with Gasteiger partial charge in [-0.15, -0.1) is 0 Å². The Labute approximate surface area is 153 Å². The summed E-state index contributed by atoms with van der Waals surface area (Å²) in [5.74, 6) is 0.262. The molecule has 2 aliphatic heterocycles. The fraction of sp³-hybridized carbons (Fsp3) is 0.632. The summed E-state index contributed by atoms with van der Waals surface area (Å²) in [5.41, 5.74) is 1.02. The lowest BCUT2D eigenvalue weighted by Gasteiger charge is -2.42. The van der Waals surface area contributed by atoms with Crippen LogP contribution >= 0.6 is 0 Å². The lowest BCUT2D eigenvalue weighted by atomic mass is 9.83. The van der Waals surface area contributed by atoms with E-state index >= 15 is 0 Å². The van der Waals surface area contributed by atoms with E-state index in [4.69, 9.17) is 4.74 Å². The number of hydrogen-bond donors (Lipinski definition) is 1. The van der Waals surface area contributed by atoms with Gasteiger partial charge >= 0.3 is 12.0 Å². The van der Waals surface area contributed by atoms with Gasteiger partial charge in [0.05, 0.1) is 7.11 Å². The number of fused-ring (bicyclic) bond motifs is 4. The summed E-state index contributed by atoms with van der Waals surface area (Å²) < 4.78 is 6.66. The van der Waals surface area contributed by atoms with E-state index in [9.17, 15) is 14.4 Å². The molecule has 1 saturated heterocycles. The first kappa shape index (κ1) is 18.5. The van der Waals surface area contributed by atoms with Crippen LogP contribution in [0.3, 0.4) is 0 Å². The van der Waals surface area contributed by atoms with Gasteiger partial charge in [-0.05, 0) is 30.7 Å². The van der Waals surface area contributed by atoms with Crippen molar-refractivity contribution in [2.75, 3.05) is 20.2 Å². The molecule has 1 aromatic heterocycles. The van der Waals surface area contributed by atoms with Crippen molar-refractivity contribution in [3.8, 4) is 0 Å². The molecule has 0 unspecified atom stereocenters. The number of hydrogen-bond acceptors (Lipinski definition) is 4. The molecule has 0 radical (unpaired) electrons. The third-order valence-electron chi connectivity index (χ3n) is 5.26. The molecular formula is C19H27N3O4. The number of aromatic nitrogens is 1. The zero-order valence-electron chi connectivity index (χ0n) is 15.6. The first-order valence-corrected chi connectivity index (χ1v) is 9.22. The summed E-state index contributed by atoms with van der Waals surface area (Å²) in [4.78, 5) is 38.6. The Morgan fingerprint density at radius 2 is 2.04 bits per heavy atom. The molecule has 142 valence electrons. The van der Waals surface area contributed by atoms with Crippen molar-refractivity contribution in [1.29, 1.82) is 0 Å². The lowest BCUT2D eigenvalue weighted by molar-refractivity contribution is -0.143. The third kappa shape index (κ3) is 3.76. The summed E-state index contributed by atoms with van der Waals surface area (Å²) in [7, 11) is 1.34. The fourth-order valence-electron chi connectivity index (χ4n) is 4.13. The van der Waals surface area contributed by atoms with Crippen molar-refractivity contribution < 1.29 is 14.3 Å². The third-order valence-corrected chi connectivity index (χ3v) is 5.26. The van der Waals surface area contributed by atoms with E-state index in [1.54, 1.807) is 17.0 Å². The van der Waals surface area contributed by atoms with Crippen molar-refractivity contribution in [3.05, 3.63) is 34.2 Å². The molecule has 2 bridgehead atoms. The Kier molecular flexibility index (Phi) is 5.34. The average molecular weight is 361 g/mol. The standard InChI is InChI=1S/C19H27N3O4/c1-12(2)7-15(18(24)26-3)20-19(25)21-9-13-8-14(11-21)16-5-4-6-17(23)22(16)10-13/h4-6,12-15H,7-11H2,1-3H3,(H,20,25)/t13-,14-,15+/m0/s1. The van der Waals surface area contributed by atoms with Crippen LogP contribution in [0.4, 0.5) is 4.79 Å². The predicted octanol–water partition coefficient (Wildman–Crippen LogP) is 1.56. The van der Waals surface area contributed by atoms with E-state index in [0.29, 0.717) is 26.1 Å². The van der Waals surface area contributed by atoms with E-state index in [1.165, 1.54) is 7.11 Å². The molecule has 1 N–H and O–H groups in total. The minimum Gasteiger partial charge on any atom is -0.467 e. The van der Waals surface area contributed by atoms with Gasteiger partial charge in [0, 0.05) is 37.3 Å². The van der Waals surface area contributed by atoms with Crippen LogP contribution in [0.1, 0.15) is 38.3 Å². The number of nitrogens with zero attached hydrogens (tertiary/aromatic N) is 2. The highest BCUT2D eigenvalue weighted by Crippen LogP contribution is 2.34. The van der Waals surface area contributed by atoms with Gasteiger partial charge in [0.25, 0.3) is 5.56 Å². The number of rotatable bonds is 4. The molecule has 1 aromatic rings. The first-order chi connectivity index (χ1) is 12.4. The number of carbonyl (C=O) groups excluding carboxylic acids is 2. The molecule has 3 heterocycles. The minimum absolute atomic E-state index is 0.0257. The maximum atomic E-state index is 12.8. The zero-order valence-corrected chi connectivity index (χ0v) is 15.6. The van der Waals surface area contributed by atoms with E-state index in [1.807, 2.05) is 24.5 Å². The molecule has 0 aromatic carbocycles. The van der Waals surface area contributed by atoms with Crippen LogP contribution in [-0.2, 0) is 16.1 Å². The topological polar surface area (TPSA) is 80.6 Å². The van der Waals surface area contributed by atoms with Gasteiger partial charge in [0.2, 0.25) is 0 Å². The van der Waals surface area contributed by atoms with Crippen molar-refractivity contribution in [1.82, 2.24) is 14.8 Å². The minimum atomic E-state index is -0.635. The number of ether oxygens (including phenoxy) is 1. The quantitative estimate of drug-likeness (QED) is 0.826. The normalized spacial score (nSPS) is 22.5. The smallest absolute Gasteiger partial charge is 0.328 e. The molecule has 7 nitrogen and oxygen atoms in total. The average Bonchev–Trinajstić information content (AvgIpc) is 2.60. The van der Waals surface area contributed by atoms with Crippen LogP contribution in [0, 0.1) is 11.8 Å². The number of carbonyl (C=O) groups is 2. The Hall–Kier alpha value is -2.31.